The molecule has 3 N–H and O–H groups in total. The van der Waals surface area contributed by atoms with Gasteiger partial charge in [0.05, 0.1) is 6.42 Å². The SMILES string of the molecule is CC1=C(CC(=O)O)C(=O)CC(C)(C)[C@@]1(O)/C=C/C(C)=C\C(=O)O. The normalized spacial score (nSPS) is 25.1. The van der Waals surface area contributed by atoms with Gasteiger partial charge in [0.2, 0.25) is 0 Å². The average molecular weight is 322 g/mol. The number of aliphatic carboxylic acids is 2. The molecule has 126 valence electrons. The number of rotatable bonds is 5. The van der Waals surface area contributed by atoms with Gasteiger partial charge in [-0.2, -0.15) is 0 Å². The van der Waals surface area contributed by atoms with Crippen LogP contribution in [0.3, 0.4) is 0 Å². The van der Waals surface area contributed by atoms with Crippen LogP contribution in [0.25, 0.3) is 0 Å². The Balaban J connectivity index is 3.39. The number of carboxylic acids is 2. The molecule has 6 nitrogen and oxygen atoms in total. The van der Waals surface area contributed by atoms with Crippen LogP contribution in [0.15, 0.2) is 34.9 Å². The summed E-state index contributed by atoms with van der Waals surface area (Å²) in [7, 11) is 0. The van der Waals surface area contributed by atoms with E-state index in [2.05, 4.69) is 0 Å². The van der Waals surface area contributed by atoms with Gasteiger partial charge in [0.25, 0.3) is 0 Å². The predicted molar refractivity (Wildman–Crippen MR) is 83.8 cm³/mol. The van der Waals surface area contributed by atoms with Crippen molar-refractivity contribution in [3.63, 3.8) is 0 Å². The molecule has 6 heteroatoms. The average Bonchev–Trinajstić information content (AvgIpc) is 2.38. The van der Waals surface area contributed by atoms with E-state index in [1.165, 1.54) is 19.1 Å². The molecule has 0 saturated heterocycles. The molecule has 0 fully saturated rings. The summed E-state index contributed by atoms with van der Waals surface area (Å²) in [6, 6.07) is 0. The van der Waals surface area contributed by atoms with Crippen molar-refractivity contribution in [1.82, 2.24) is 0 Å². The van der Waals surface area contributed by atoms with E-state index < -0.39 is 29.4 Å². The lowest BCUT2D eigenvalue weighted by molar-refractivity contribution is -0.137. The van der Waals surface area contributed by atoms with Crippen molar-refractivity contribution in [3.8, 4) is 0 Å². The fraction of sp³-hybridized carbons (Fsp3) is 0.471. The van der Waals surface area contributed by atoms with Crippen LogP contribution < -0.4 is 0 Å². The Kier molecular flexibility index (Phi) is 5.32. The summed E-state index contributed by atoms with van der Waals surface area (Å²) >= 11 is 0. The number of hydrogen-bond acceptors (Lipinski definition) is 4. The molecule has 0 aliphatic heterocycles. The molecule has 0 heterocycles. The van der Waals surface area contributed by atoms with Gasteiger partial charge < -0.3 is 15.3 Å². The van der Waals surface area contributed by atoms with E-state index in [1.807, 2.05) is 0 Å². The Bertz CT molecular complexity index is 635. The molecule has 0 aromatic carbocycles. The summed E-state index contributed by atoms with van der Waals surface area (Å²) < 4.78 is 0. The number of allylic oxidation sites excluding steroid dienone is 2. The minimum absolute atomic E-state index is 0.00941. The summed E-state index contributed by atoms with van der Waals surface area (Å²) in [5, 5.41) is 28.8. The van der Waals surface area contributed by atoms with Crippen LogP contribution in [0.5, 0.6) is 0 Å². The van der Waals surface area contributed by atoms with Gasteiger partial charge in [-0.1, -0.05) is 19.9 Å². The minimum atomic E-state index is -1.53. The van der Waals surface area contributed by atoms with Gasteiger partial charge in [-0.3, -0.25) is 9.59 Å². The largest absolute Gasteiger partial charge is 0.481 e. The third kappa shape index (κ3) is 3.96. The number of aliphatic hydroxyl groups is 1. The van der Waals surface area contributed by atoms with E-state index in [1.54, 1.807) is 20.8 Å². The van der Waals surface area contributed by atoms with Crippen LogP contribution in [-0.2, 0) is 14.4 Å². The first-order chi connectivity index (χ1) is 10.4. The van der Waals surface area contributed by atoms with Crippen LogP contribution in [-0.4, -0.2) is 38.6 Å². The van der Waals surface area contributed by atoms with Crippen LogP contribution in [0, 0.1) is 5.41 Å². The topological polar surface area (TPSA) is 112 Å². The maximum atomic E-state index is 12.2. The molecule has 0 aromatic rings. The summed E-state index contributed by atoms with van der Waals surface area (Å²) in [6.45, 7) is 6.54. The Labute approximate surface area is 134 Å². The molecule has 0 aromatic heterocycles. The van der Waals surface area contributed by atoms with Crippen molar-refractivity contribution in [2.45, 2.75) is 46.1 Å². The minimum Gasteiger partial charge on any atom is -0.481 e. The van der Waals surface area contributed by atoms with Crippen molar-refractivity contribution >= 4 is 17.7 Å². The van der Waals surface area contributed by atoms with E-state index in [0.29, 0.717) is 11.1 Å². The number of Topliss-reactive ketones (excluding diaryl/α,β-unsaturated/α-hetero) is 1. The molecule has 1 aliphatic rings. The molecule has 23 heavy (non-hydrogen) atoms. The monoisotopic (exact) mass is 322 g/mol. The molecule has 0 spiro atoms. The first kappa shape index (κ1) is 18.8. The molecule has 0 bridgehead atoms. The Morgan fingerprint density at radius 3 is 2.30 bits per heavy atom. The Hall–Kier alpha value is -2.21. The number of hydrogen-bond donors (Lipinski definition) is 3. The second-order valence-electron chi connectivity index (χ2n) is 6.48. The lowest BCUT2D eigenvalue weighted by Crippen LogP contribution is -2.49. The second-order valence-corrected chi connectivity index (χ2v) is 6.48. The molecule has 0 unspecified atom stereocenters. The highest BCUT2D eigenvalue weighted by Crippen LogP contribution is 2.47. The summed E-state index contributed by atoms with van der Waals surface area (Å²) in [4.78, 5) is 33.8. The lowest BCUT2D eigenvalue weighted by Gasteiger charge is -2.45. The second kappa shape index (κ2) is 6.50. The summed E-state index contributed by atoms with van der Waals surface area (Å²) in [5.41, 5.74) is -1.55. The van der Waals surface area contributed by atoms with E-state index in [9.17, 15) is 19.5 Å². The number of carboxylic acid groups (broad SMARTS) is 2. The third-order valence-electron chi connectivity index (χ3n) is 4.26. The van der Waals surface area contributed by atoms with Gasteiger partial charge in [-0.05, 0) is 31.1 Å². The lowest BCUT2D eigenvalue weighted by atomic mass is 9.62. The van der Waals surface area contributed by atoms with Crippen molar-refractivity contribution in [2.75, 3.05) is 0 Å². The van der Waals surface area contributed by atoms with Crippen molar-refractivity contribution in [1.29, 1.82) is 0 Å². The first-order valence-electron chi connectivity index (χ1n) is 7.19. The molecular formula is C17H22O6. The highest BCUT2D eigenvalue weighted by atomic mass is 16.4. The van der Waals surface area contributed by atoms with Crippen LogP contribution in [0.1, 0.15) is 40.5 Å². The highest BCUT2D eigenvalue weighted by Gasteiger charge is 2.49. The Morgan fingerprint density at radius 1 is 1.26 bits per heavy atom. The molecule has 0 radical (unpaired) electrons. The standard InChI is InChI=1S/C17H22O6/c1-10(7-14(19)20)5-6-17(23)11(2)12(8-15(21)22)13(18)9-16(17,3)4/h5-7,23H,8-9H2,1-4H3,(H,19,20)(H,21,22)/b6-5+,10-7-/t17-/m1/s1. The maximum Gasteiger partial charge on any atom is 0.328 e. The van der Waals surface area contributed by atoms with E-state index in [-0.39, 0.29) is 17.8 Å². The van der Waals surface area contributed by atoms with Gasteiger partial charge in [0, 0.05) is 23.5 Å². The van der Waals surface area contributed by atoms with E-state index in [4.69, 9.17) is 10.2 Å². The van der Waals surface area contributed by atoms with E-state index in [0.717, 1.165) is 6.08 Å². The third-order valence-corrected chi connectivity index (χ3v) is 4.26. The quantitative estimate of drug-likeness (QED) is 0.528. The molecular weight excluding hydrogens is 300 g/mol. The first-order valence-corrected chi connectivity index (χ1v) is 7.19. The van der Waals surface area contributed by atoms with Crippen LogP contribution in [0.4, 0.5) is 0 Å². The molecule has 0 saturated carbocycles. The predicted octanol–water partition coefficient (Wildman–Crippen LogP) is 2.09. The molecule has 1 aliphatic carbocycles. The summed E-state index contributed by atoms with van der Waals surface area (Å²) in [6.07, 6.45) is 3.47. The van der Waals surface area contributed by atoms with Gasteiger partial charge in [0.15, 0.2) is 5.78 Å². The van der Waals surface area contributed by atoms with Gasteiger partial charge in [-0.25, -0.2) is 4.79 Å². The maximum absolute atomic E-state index is 12.2. The Morgan fingerprint density at radius 2 is 1.83 bits per heavy atom. The van der Waals surface area contributed by atoms with Gasteiger partial charge >= 0.3 is 11.9 Å². The number of ketones is 1. The highest BCUT2D eigenvalue weighted by molar-refractivity contribution is 6.01. The number of carbonyl (C=O) groups excluding carboxylic acids is 1. The zero-order valence-corrected chi connectivity index (χ0v) is 13.7. The van der Waals surface area contributed by atoms with Crippen molar-refractivity contribution in [3.05, 3.63) is 34.9 Å². The van der Waals surface area contributed by atoms with Crippen molar-refractivity contribution < 1.29 is 29.7 Å². The van der Waals surface area contributed by atoms with Crippen molar-refractivity contribution in [2.24, 2.45) is 5.41 Å². The smallest absolute Gasteiger partial charge is 0.328 e. The summed E-state index contributed by atoms with van der Waals surface area (Å²) in [5.74, 6) is -2.53. The van der Waals surface area contributed by atoms with Gasteiger partial charge in [-0.15, -0.1) is 0 Å². The number of carbonyl (C=O) groups is 3. The zero-order valence-electron chi connectivity index (χ0n) is 13.7. The fourth-order valence-electron chi connectivity index (χ4n) is 2.82. The fourth-order valence-corrected chi connectivity index (χ4v) is 2.82. The van der Waals surface area contributed by atoms with Crippen LogP contribution >= 0.6 is 0 Å². The van der Waals surface area contributed by atoms with E-state index >= 15 is 0 Å². The molecule has 1 atom stereocenters. The molecule has 0 amide bonds. The van der Waals surface area contributed by atoms with Crippen LogP contribution in [0.2, 0.25) is 0 Å². The molecule has 1 rings (SSSR count). The van der Waals surface area contributed by atoms with Gasteiger partial charge in [0.1, 0.15) is 5.60 Å². The zero-order chi connectivity index (χ0) is 18.0.